The van der Waals surface area contributed by atoms with Gasteiger partial charge in [0.15, 0.2) is 0 Å². The Morgan fingerprint density at radius 1 is 1.46 bits per heavy atom. The van der Waals surface area contributed by atoms with Gasteiger partial charge in [-0.3, -0.25) is 0 Å². The average molecular weight is 241 g/mol. The Morgan fingerprint density at radius 3 is 2.62 bits per heavy atom. The van der Waals surface area contributed by atoms with E-state index in [1.807, 2.05) is 0 Å². The van der Waals surface area contributed by atoms with E-state index >= 15 is 0 Å². The van der Waals surface area contributed by atoms with Crippen molar-refractivity contribution in [1.29, 1.82) is 0 Å². The number of rotatable bonds is 2. The maximum atomic E-state index is 9.29. The Kier molecular flexibility index (Phi) is 2.20. The first kappa shape index (κ1) is 9.22. The zero-order valence-electron chi connectivity index (χ0n) is 7.68. The number of halogens is 1. The quantitative estimate of drug-likeness (QED) is 0.844. The van der Waals surface area contributed by atoms with Crippen LogP contribution in [0, 0.1) is 6.92 Å². The number of aliphatic hydroxyl groups is 1. The molecule has 0 atom stereocenters. The highest BCUT2D eigenvalue weighted by Gasteiger charge is 2.44. The van der Waals surface area contributed by atoms with Crippen molar-refractivity contribution < 1.29 is 5.11 Å². The highest BCUT2D eigenvalue weighted by atomic mass is 79.9. The summed E-state index contributed by atoms with van der Waals surface area (Å²) >= 11 is 3.44. The first-order valence-corrected chi connectivity index (χ1v) is 5.35. The second kappa shape index (κ2) is 3.10. The third kappa shape index (κ3) is 1.53. The van der Waals surface area contributed by atoms with Crippen molar-refractivity contribution in [3.8, 4) is 0 Å². The molecular formula is C11H13BrO. The summed E-state index contributed by atoms with van der Waals surface area (Å²) in [7, 11) is 0. The zero-order valence-corrected chi connectivity index (χ0v) is 9.26. The molecule has 1 aliphatic rings. The van der Waals surface area contributed by atoms with Gasteiger partial charge < -0.3 is 5.11 Å². The third-order valence-corrected chi connectivity index (χ3v) is 3.41. The summed E-state index contributed by atoms with van der Waals surface area (Å²) in [5.41, 5.74) is 2.70. The van der Waals surface area contributed by atoms with Crippen molar-refractivity contribution >= 4 is 15.9 Å². The maximum absolute atomic E-state index is 9.29. The summed E-state index contributed by atoms with van der Waals surface area (Å²) < 4.78 is 1.11. The fraction of sp³-hybridized carbons (Fsp3) is 0.455. The number of benzene rings is 1. The van der Waals surface area contributed by atoms with E-state index in [0.29, 0.717) is 0 Å². The summed E-state index contributed by atoms with van der Waals surface area (Å²) in [6.45, 7) is 2.39. The largest absolute Gasteiger partial charge is 0.395 e. The SMILES string of the molecule is Cc1cc(Br)ccc1C1(CO)CC1. The van der Waals surface area contributed by atoms with Crippen LogP contribution in [0.25, 0.3) is 0 Å². The molecule has 0 spiro atoms. The number of hydrogen-bond acceptors (Lipinski definition) is 1. The van der Waals surface area contributed by atoms with Crippen LogP contribution in [-0.2, 0) is 5.41 Å². The van der Waals surface area contributed by atoms with Gasteiger partial charge in [0.1, 0.15) is 0 Å². The van der Waals surface area contributed by atoms with Gasteiger partial charge in [0.25, 0.3) is 0 Å². The predicted octanol–water partition coefficient (Wildman–Crippen LogP) is 2.78. The van der Waals surface area contributed by atoms with Crippen molar-refractivity contribution in [2.75, 3.05) is 6.61 Å². The maximum Gasteiger partial charge on any atom is 0.0528 e. The molecule has 1 aromatic rings. The molecule has 0 amide bonds. The molecule has 70 valence electrons. The Bertz CT molecular complexity index is 329. The molecule has 0 saturated heterocycles. The van der Waals surface area contributed by atoms with Crippen LogP contribution >= 0.6 is 15.9 Å². The van der Waals surface area contributed by atoms with E-state index in [2.05, 4.69) is 41.1 Å². The van der Waals surface area contributed by atoms with Crippen molar-refractivity contribution in [3.63, 3.8) is 0 Å². The smallest absolute Gasteiger partial charge is 0.0528 e. The molecule has 2 rings (SSSR count). The lowest BCUT2D eigenvalue weighted by Crippen LogP contribution is -2.13. The summed E-state index contributed by atoms with van der Waals surface area (Å²) in [6, 6.07) is 6.30. The van der Waals surface area contributed by atoms with E-state index in [4.69, 9.17) is 0 Å². The Morgan fingerprint density at radius 2 is 2.15 bits per heavy atom. The number of aryl methyl sites for hydroxylation is 1. The van der Waals surface area contributed by atoms with Gasteiger partial charge in [0.05, 0.1) is 6.61 Å². The molecule has 1 saturated carbocycles. The van der Waals surface area contributed by atoms with Gasteiger partial charge in [-0.15, -0.1) is 0 Å². The van der Waals surface area contributed by atoms with Gasteiger partial charge in [-0.25, -0.2) is 0 Å². The highest BCUT2D eigenvalue weighted by Crippen LogP contribution is 2.48. The lowest BCUT2D eigenvalue weighted by atomic mass is 9.93. The van der Waals surface area contributed by atoms with E-state index < -0.39 is 0 Å². The van der Waals surface area contributed by atoms with Gasteiger partial charge in [0, 0.05) is 9.89 Å². The van der Waals surface area contributed by atoms with E-state index in [0.717, 1.165) is 17.3 Å². The molecule has 0 radical (unpaired) electrons. The normalized spacial score (nSPS) is 18.7. The monoisotopic (exact) mass is 240 g/mol. The Labute approximate surface area is 86.9 Å². The fourth-order valence-corrected chi connectivity index (χ4v) is 2.36. The van der Waals surface area contributed by atoms with Crippen LogP contribution in [0.4, 0.5) is 0 Å². The summed E-state index contributed by atoms with van der Waals surface area (Å²) in [6.07, 6.45) is 2.26. The van der Waals surface area contributed by atoms with Crippen molar-refractivity contribution in [1.82, 2.24) is 0 Å². The summed E-state index contributed by atoms with van der Waals surface area (Å²) in [5, 5.41) is 9.29. The second-order valence-corrected chi connectivity index (χ2v) is 4.81. The molecule has 2 heteroatoms. The van der Waals surface area contributed by atoms with Crippen molar-refractivity contribution in [2.45, 2.75) is 25.2 Å². The first-order valence-electron chi connectivity index (χ1n) is 4.55. The minimum Gasteiger partial charge on any atom is -0.395 e. The summed E-state index contributed by atoms with van der Waals surface area (Å²) in [5.74, 6) is 0. The molecule has 1 nitrogen and oxygen atoms in total. The van der Waals surface area contributed by atoms with Crippen LogP contribution < -0.4 is 0 Å². The molecule has 0 heterocycles. The van der Waals surface area contributed by atoms with Crippen LogP contribution in [0.5, 0.6) is 0 Å². The number of hydrogen-bond donors (Lipinski definition) is 1. The van der Waals surface area contributed by atoms with Crippen LogP contribution in [-0.4, -0.2) is 11.7 Å². The van der Waals surface area contributed by atoms with Gasteiger partial charge in [-0.05, 0) is 43.0 Å². The first-order chi connectivity index (χ1) is 6.18. The molecule has 1 aromatic carbocycles. The second-order valence-electron chi connectivity index (χ2n) is 3.90. The Balaban J connectivity index is 2.41. The van der Waals surface area contributed by atoms with Crippen LogP contribution in [0.15, 0.2) is 22.7 Å². The number of aliphatic hydroxyl groups excluding tert-OH is 1. The molecule has 1 fully saturated rings. The molecule has 1 aliphatic carbocycles. The minimum absolute atomic E-state index is 0.102. The molecule has 0 aromatic heterocycles. The summed E-state index contributed by atoms with van der Waals surface area (Å²) in [4.78, 5) is 0. The zero-order chi connectivity index (χ0) is 9.47. The van der Waals surface area contributed by atoms with Gasteiger partial charge in [0.2, 0.25) is 0 Å². The van der Waals surface area contributed by atoms with E-state index in [9.17, 15) is 5.11 Å². The fourth-order valence-electron chi connectivity index (χ4n) is 1.89. The molecule has 0 bridgehead atoms. The molecule has 0 unspecified atom stereocenters. The van der Waals surface area contributed by atoms with Crippen LogP contribution in [0.2, 0.25) is 0 Å². The van der Waals surface area contributed by atoms with Crippen molar-refractivity contribution in [3.05, 3.63) is 33.8 Å². The van der Waals surface area contributed by atoms with E-state index in [-0.39, 0.29) is 12.0 Å². The lowest BCUT2D eigenvalue weighted by molar-refractivity contribution is 0.254. The predicted molar refractivity (Wildman–Crippen MR) is 56.9 cm³/mol. The highest BCUT2D eigenvalue weighted by molar-refractivity contribution is 9.10. The lowest BCUT2D eigenvalue weighted by Gasteiger charge is -2.15. The van der Waals surface area contributed by atoms with Crippen molar-refractivity contribution in [2.24, 2.45) is 0 Å². The van der Waals surface area contributed by atoms with E-state index in [1.54, 1.807) is 0 Å². The van der Waals surface area contributed by atoms with E-state index in [1.165, 1.54) is 11.1 Å². The molecule has 13 heavy (non-hydrogen) atoms. The third-order valence-electron chi connectivity index (χ3n) is 2.92. The van der Waals surface area contributed by atoms with Gasteiger partial charge in [-0.1, -0.05) is 22.0 Å². The molecular weight excluding hydrogens is 228 g/mol. The molecule has 0 aliphatic heterocycles. The topological polar surface area (TPSA) is 20.2 Å². The Hall–Kier alpha value is -0.340. The standard InChI is InChI=1S/C11H13BrO/c1-8-6-9(12)2-3-10(8)11(7-13)4-5-11/h2-3,6,13H,4-5,7H2,1H3. The average Bonchev–Trinajstić information content (AvgIpc) is 2.85. The van der Waals surface area contributed by atoms with Gasteiger partial charge >= 0.3 is 0 Å². The van der Waals surface area contributed by atoms with Gasteiger partial charge in [-0.2, -0.15) is 0 Å². The van der Waals surface area contributed by atoms with Crippen LogP contribution in [0.3, 0.4) is 0 Å². The minimum atomic E-state index is 0.102. The van der Waals surface area contributed by atoms with Crippen LogP contribution in [0.1, 0.15) is 24.0 Å². The molecule has 1 N–H and O–H groups in total.